The lowest BCUT2D eigenvalue weighted by atomic mass is 9.69. The Hall–Kier alpha value is -0.970. The second-order valence-corrected chi connectivity index (χ2v) is 7.06. The smallest absolute Gasteiger partial charge is 0.165 e. The molecule has 0 unspecified atom stereocenters. The molecule has 5 heteroatoms. The van der Waals surface area contributed by atoms with Gasteiger partial charge in [0.15, 0.2) is 5.82 Å². The number of hydrogen-bond acceptors (Lipinski definition) is 4. The normalized spacial score (nSPS) is 24.0. The van der Waals surface area contributed by atoms with E-state index >= 15 is 0 Å². The van der Waals surface area contributed by atoms with E-state index in [1.54, 1.807) is 0 Å². The van der Waals surface area contributed by atoms with Gasteiger partial charge in [-0.2, -0.15) is 0 Å². The Bertz CT molecular complexity index is 407. The molecule has 0 spiro atoms. The highest BCUT2D eigenvalue weighted by Gasteiger charge is 2.33. The highest BCUT2D eigenvalue weighted by Crippen LogP contribution is 2.38. The topological polar surface area (TPSA) is 55.6 Å². The van der Waals surface area contributed by atoms with Gasteiger partial charge in [0.05, 0.1) is 6.54 Å². The summed E-state index contributed by atoms with van der Waals surface area (Å²) in [6.45, 7) is 10.9. The standard InChI is InChI=1S/C15H29N5/c1-5-10-20-14(17-18-19-20)11-16-13-9-7-6-8-12(13)15(2,3)4/h12-13,16H,5-11H2,1-4H3/t12-,13+/m1/s1. The molecule has 1 fully saturated rings. The van der Waals surface area contributed by atoms with E-state index < -0.39 is 0 Å². The molecule has 20 heavy (non-hydrogen) atoms. The number of rotatable bonds is 5. The van der Waals surface area contributed by atoms with Crippen molar-refractivity contribution in [2.24, 2.45) is 11.3 Å². The zero-order chi connectivity index (χ0) is 14.6. The number of tetrazole rings is 1. The third kappa shape index (κ3) is 3.78. The molecule has 2 atom stereocenters. The molecule has 1 N–H and O–H groups in total. The molecule has 0 saturated heterocycles. The lowest BCUT2D eigenvalue weighted by molar-refractivity contribution is 0.129. The van der Waals surface area contributed by atoms with Crippen molar-refractivity contribution in [3.8, 4) is 0 Å². The fraction of sp³-hybridized carbons (Fsp3) is 0.933. The van der Waals surface area contributed by atoms with Crippen molar-refractivity contribution in [1.29, 1.82) is 0 Å². The average Bonchev–Trinajstić information content (AvgIpc) is 2.83. The van der Waals surface area contributed by atoms with E-state index in [2.05, 4.69) is 48.5 Å². The average molecular weight is 279 g/mol. The van der Waals surface area contributed by atoms with Crippen molar-refractivity contribution in [2.75, 3.05) is 0 Å². The van der Waals surface area contributed by atoms with Crippen LogP contribution in [0.1, 0.15) is 65.6 Å². The summed E-state index contributed by atoms with van der Waals surface area (Å²) in [6.07, 6.45) is 6.38. The summed E-state index contributed by atoms with van der Waals surface area (Å²) in [7, 11) is 0. The molecule has 0 aliphatic heterocycles. The molecule has 0 radical (unpaired) electrons. The van der Waals surface area contributed by atoms with Crippen LogP contribution in [0, 0.1) is 11.3 Å². The molecular weight excluding hydrogens is 250 g/mol. The van der Waals surface area contributed by atoms with E-state index in [4.69, 9.17) is 0 Å². The molecule has 0 bridgehead atoms. The largest absolute Gasteiger partial charge is 0.307 e. The molecule has 1 saturated carbocycles. The number of nitrogens with one attached hydrogen (secondary N) is 1. The van der Waals surface area contributed by atoms with Crippen molar-refractivity contribution in [3.05, 3.63) is 5.82 Å². The highest BCUT2D eigenvalue weighted by molar-refractivity contribution is 4.90. The second-order valence-electron chi connectivity index (χ2n) is 7.06. The molecule has 5 nitrogen and oxygen atoms in total. The van der Waals surface area contributed by atoms with E-state index in [1.165, 1.54) is 25.7 Å². The minimum Gasteiger partial charge on any atom is -0.307 e. The van der Waals surface area contributed by atoms with Gasteiger partial charge in [-0.05, 0) is 41.0 Å². The first-order chi connectivity index (χ1) is 9.52. The molecule has 1 aliphatic rings. The van der Waals surface area contributed by atoms with Crippen molar-refractivity contribution in [3.63, 3.8) is 0 Å². The molecule has 1 heterocycles. The Labute approximate surface area is 122 Å². The van der Waals surface area contributed by atoms with Gasteiger partial charge >= 0.3 is 0 Å². The lowest BCUT2D eigenvalue weighted by Crippen LogP contribution is -2.44. The van der Waals surface area contributed by atoms with Crippen LogP contribution < -0.4 is 5.32 Å². The van der Waals surface area contributed by atoms with Gasteiger partial charge in [-0.25, -0.2) is 4.68 Å². The van der Waals surface area contributed by atoms with Crippen LogP contribution in [0.3, 0.4) is 0 Å². The van der Waals surface area contributed by atoms with Gasteiger partial charge in [0.2, 0.25) is 0 Å². The summed E-state index contributed by atoms with van der Waals surface area (Å²) in [6, 6.07) is 0.593. The van der Waals surface area contributed by atoms with Gasteiger partial charge < -0.3 is 5.32 Å². The molecule has 1 aromatic rings. The highest BCUT2D eigenvalue weighted by atomic mass is 15.5. The van der Waals surface area contributed by atoms with E-state index in [9.17, 15) is 0 Å². The summed E-state index contributed by atoms with van der Waals surface area (Å²) in [5, 5.41) is 15.7. The van der Waals surface area contributed by atoms with Crippen molar-refractivity contribution >= 4 is 0 Å². The molecule has 1 aromatic heterocycles. The fourth-order valence-corrected chi connectivity index (χ4v) is 3.37. The summed E-state index contributed by atoms with van der Waals surface area (Å²) in [4.78, 5) is 0. The third-order valence-electron chi connectivity index (χ3n) is 4.44. The Kier molecular flexibility index (Phi) is 5.13. The number of hydrogen-bond donors (Lipinski definition) is 1. The lowest BCUT2D eigenvalue weighted by Gasteiger charge is -2.41. The Morgan fingerprint density at radius 3 is 2.70 bits per heavy atom. The third-order valence-corrected chi connectivity index (χ3v) is 4.44. The van der Waals surface area contributed by atoms with Crippen LogP contribution in [0.5, 0.6) is 0 Å². The Morgan fingerprint density at radius 2 is 2.00 bits per heavy atom. The van der Waals surface area contributed by atoms with Gasteiger partial charge in [-0.3, -0.25) is 0 Å². The zero-order valence-corrected chi connectivity index (χ0v) is 13.4. The molecule has 1 aliphatic carbocycles. The van der Waals surface area contributed by atoms with Crippen LogP contribution in [0.15, 0.2) is 0 Å². The Balaban J connectivity index is 1.95. The minimum atomic E-state index is 0.368. The predicted molar refractivity (Wildman–Crippen MR) is 80.1 cm³/mol. The summed E-state index contributed by atoms with van der Waals surface area (Å²) < 4.78 is 1.92. The SMILES string of the molecule is CCCn1nnnc1CN[C@H]1CCCC[C@H]1C(C)(C)C. The molecule has 114 valence electrons. The first kappa shape index (κ1) is 15.4. The maximum absolute atomic E-state index is 4.15. The minimum absolute atomic E-state index is 0.368. The van der Waals surface area contributed by atoms with Crippen molar-refractivity contribution in [2.45, 2.75) is 78.9 Å². The van der Waals surface area contributed by atoms with Gasteiger partial charge in [-0.15, -0.1) is 5.10 Å². The molecule has 2 rings (SSSR count). The van der Waals surface area contributed by atoms with E-state index in [1.807, 2.05) is 4.68 Å². The molecule has 0 aromatic carbocycles. The summed E-state index contributed by atoms with van der Waals surface area (Å²) in [5.41, 5.74) is 0.368. The van der Waals surface area contributed by atoms with Gasteiger partial charge in [0.25, 0.3) is 0 Å². The summed E-state index contributed by atoms with van der Waals surface area (Å²) in [5.74, 6) is 1.71. The van der Waals surface area contributed by atoms with Crippen molar-refractivity contribution < 1.29 is 0 Å². The Morgan fingerprint density at radius 1 is 1.25 bits per heavy atom. The van der Waals surface area contributed by atoms with Crippen LogP contribution in [0.25, 0.3) is 0 Å². The maximum Gasteiger partial charge on any atom is 0.165 e. The first-order valence-electron chi connectivity index (χ1n) is 8.00. The van der Waals surface area contributed by atoms with Gasteiger partial charge in [-0.1, -0.05) is 40.5 Å². The quantitative estimate of drug-likeness (QED) is 0.900. The van der Waals surface area contributed by atoms with Crippen molar-refractivity contribution in [1.82, 2.24) is 25.5 Å². The molecular formula is C15H29N5. The predicted octanol–water partition coefficient (Wildman–Crippen LogP) is 2.78. The monoisotopic (exact) mass is 279 g/mol. The first-order valence-corrected chi connectivity index (χ1v) is 8.00. The number of aromatic nitrogens is 4. The maximum atomic E-state index is 4.15. The van der Waals surface area contributed by atoms with Crippen LogP contribution in [-0.2, 0) is 13.1 Å². The fourth-order valence-electron chi connectivity index (χ4n) is 3.37. The summed E-state index contributed by atoms with van der Waals surface area (Å²) >= 11 is 0. The second kappa shape index (κ2) is 6.66. The van der Waals surface area contributed by atoms with E-state index in [0.29, 0.717) is 11.5 Å². The van der Waals surface area contributed by atoms with Crippen LogP contribution >= 0.6 is 0 Å². The van der Waals surface area contributed by atoms with Crippen LogP contribution in [0.4, 0.5) is 0 Å². The van der Waals surface area contributed by atoms with Gasteiger partial charge in [0.1, 0.15) is 0 Å². The number of nitrogens with zero attached hydrogens (tertiary/aromatic N) is 4. The van der Waals surface area contributed by atoms with Crippen LogP contribution in [-0.4, -0.2) is 26.2 Å². The number of aryl methyl sites for hydroxylation is 1. The zero-order valence-electron chi connectivity index (χ0n) is 13.4. The van der Waals surface area contributed by atoms with Gasteiger partial charge in [0, 0.05) is 12.6 Å². The van der Waals surface area contributed by atoms with E-state index in [0.717, 1.165) is 31.3 Å². The van der Waals surface area contributed by atoms with Crippen LogP contribution in [0.2, 0.25) is 0 Å². The van der Waals surface area contributed by atoms with E-state index in [-0.39, 0.29) is 0 Å². The molecule has 0 amide bonds.